The van der Waals surface area contributed by atoms with Crippen molar-refractivity contribution in [1.82, 2.24) is 24.6 Å². The molecule has 0 N–H and O–H groups in total. The summed E-state index contributed by atoms with van der Waals surface area (Å²) in [6.45, 7) is 3.24. The van der Waals surface area contributed by atoms with Crippen LogP contribution < -0.4 is 4.74 Å². The zero-order chi connectivity index (χ0) is 18.1. The van der Waals surface area contributed by atoms with Gasteiger partial charge in [-0.15, -0.1) is 0 Å². The van der Waals surface area contributed by atoms with Gasteiger partial charge in [-0.3, -0.25) is 14.4 Å². The van der Waals surface area contributed by atoms with Gasteiger partial charge in [-0.25, -0.2) is 4.98 Å². The second-order valence-electron chi connectivity index (χ2n) is 7.52. The lowest BCUT2D eigenvalue weighted by Gasteiger charge is -2.58. The second-order valence-corrected chi connectivity index (χ2v) is 7.52. The minimum Gasteiger partial charge on any atom is -0.477 e. The monoisotopic (exact) mass is 355 g/mol. The predicted molar refractivity (Wildman–Crippen MR) is 96.9 cm³/mol. The van der Waals surface area contributed by atoms with E-state index in [1.165, 1.54) is 0 Å². The molecule has 7 heteroatoms. The molecule has 0 saturated carbocycles. The van der Waals surface area contributed by atoms with E-state index in [1.54, 1.807) is 23.1 Å². The summed E-state index contributed by atoms with van der Waals surface area (Å²) in [7, 11) is 3.99. The molecule has 0 aromatic carbocycles. The largest absolute Gasteiger partial charge is 0.477 e. The molecule has 4 rings (SSSR count). The quantitative estimate of drug-likeness (QED) is 0.830. The van der Waals surface area contributed by atoms with Crippen LogP contribution in [-0.4, -0.2) is 69.3 Å². The third-order valence-electron chi connectivity index (χ3n) is 5.65. The first-order valence-corrected chi connectivity index (χ1v) is 9.10. The number of ether oxygens (including phenoxy) is 1. The van der Waals surface area contributed by atoms with Crippen molar-refractivity contribution in [3.05, 3.63) is 42.4 Å². The summed E-state index contributed by atoms with van der Waals surface area (Å²) < 4.78 is 7.53. The van der Waals surface area contributed by atoms with Gasteiger partial charge in [0, 0.05) is 38.6 Å². The number of piperidine rings is 1. The SMILES string of the molecule is CN1CC[C@@H](COc2ccccn2)CC12CN(C(=O)c1ccn(C)n1)C2. The maximum absolute atomic E-state index is 12.6. The van der Waals surface area contributed by atoms with Crippen LogP contribution >= 0.6 is 0 Å². The van der Waals surface area contributed by atoms with Crippen molar-refractivity contribution in [1.29, 1.82) is 0 Å². The van der Waals surface area contributed by atoms with Crippen LogP contribution in [0.2, 0.25) is 0 Å². The van der Waals surface area contributed by atoms with Crippen LogP contribution in [0.15, 0.2) is 36.7 Å². The molecule has 0 bridgehead atoms. The standard InChI is InChI=1S/C19H25N5O2/c1-22-9-6-15(12-26-17-5-3-4-8-20-17)11-19(22)13-24(14-19)18(25)16-7-10-23(2)21-16/h3-5,7-8,10,15H,6,9,11-14H2,1-2H3/t15-/m1/s1. The van der Waals surface area contributed by atoms with E-state index in [2.05, 4.69) is 22.0 Å². The first-order valence-electron chi connectivity index (χ1n) is 9.10. The van der Waals surface area contributed by atoms with Crippen molar-refractivity contribution in [2.75, 3.05) is 33.3 Å². The minimum atomic E-state index is 0.0245. The van der Waals surface area contributed by atoms with Gasteiger partial charge in [0.05, 0.1) is 12.1 Å². The molecule has 1 amide bonds. The number of hydrogen-bond acceptors (Lipinski definition) is 5. The second kappa shape index (κ2) is 6.72. The van der Waals surface area contributed by atoms with Crippen molar-refractivity contribution < 1.29 is 9.53 Å². The molecule has 2 aliphatic rings. The third-order valence-corrected chi connectivity index (χ3v) is 5.65. The maximum Gasteiger partial charge on any atom is 0.274 e. The number of aryl methyl sites for hydroxylation is 1. The number of rotatable bonds is 4. The first-order chi connectivity index (χ1) is 12.6. The van der Waals surface area contributed by atoms with Gasteiger partial charge in [-0.2, -0.15) is 5.10 Å². The number of amides is 1. The molecule has 0 aliphatic carbocycles. The first kappa shape index (κ1) is 17.0. The van der Waals surface area contributed by atoms with Gasteiger partial charge in [0.2, 0.25) is 5.88 Å². The van der Waals surface area contributed by atoms with E-state index in [9.17, 15) is 4.79 Å². The molecule has 2 aromatic rings. The summed E-state index contributed by atoms with van der Waals surface area (Å²) in [5.74, 6) is 1.19. The van der Waals surface area contributed by atoms with Crippen LogP contribution in [0.4, 0.5) is 0 Å². The molecule has 2 aromatic heterocycles. The zero-order valence-corrected chi connectivity index (χ0v) is 15.3. The molecular weight excluding hydrogens is 330 g/mol. The molecule has 2 saturated heterocycles. The molecule has 0 unspecified atom stereocenters. The zero-order valence-electron chi connectivity index (χ0n) is 15.3. The van der Waals surface area contributed by atoms with E-state index in [1.807, 2.05) is 30.1 Å². The smallest absolute Gasteiger partial charge is 0.274 e. The fourth-order valence-corrected chi connectivity index (χ4v) is 4.06. The lowest BCUT2D eigenvalue weighted by molar-refractivity contribution is -0.0697. The van der Waals surface area contributed by atoms with Gasteiger partial charge in [0.1, 0.15) is 5.69 Å². The molecule has 2 fully saturated rings. The van der Waals surface area contributed by atoms with Gasteiger partial charge in [0.15, 0.2) is 0 Å². The highest BCUT2D eigenvalue weighted by atomic mass is 16.5. The fraction of sp³-hybridized carbons (Fsp3) is 0.526. The maximum atomic E-state index is 12.6. The number of hydrogen-bond donors (Lipinski definition) is 0. The Bertz CT molecular complexity index is 769. The summed E-state index contributed by atoms with van der Waals surface area (Å²) in [4.78, 5) is 21.1. The number of pyridine rings is 1. The highest BCUT2D eigenvalue weighted by molar-refractivity contribution is 5.93. The Morgan fingerprint density at radius 1 is 1.31 bits per heavy atom. The highest BCUT2D eigenvalue weighted by Gasteiger charge is 2.51. The van der Waals surface area contributed by atoms with Crippen molar-refractivity contribution in [3.8, 4) is 5.88 Å². The number of nitrogens with zero attached hydrogens (tertiary/aromatic N) is 5. The fourth-order valence-electron chi connectivity index (χ4n) is 4.06. The number of carbonyl (C=O) groups excluding carboxylic acids is 1. The van der Waals surface area contributed by atoms with Crippen LogP contribution in [0, 0.1) is 5.92 Å². The Morgan fingerprint density at radius 2 is 2.15 bits per heavy atom. The molecular formula is C19H25N5O2. The van der Waals surface area contributed by atoms with Gasteiger partial charge in [-0.05, 0) is 44.5 Å². The predicted octanol–water partition coefficient (Wildman–Crippen LogP) is 1.43. The van der Waals surface area contributed by atoms with Crippen LogP contribution in [0.5, 0.6) is 5.88 Å². The Labute approximate surface area is 153 Å². The van der Waals surface area contributed by atoms with E-state index < -0.39 is 0 Å². The molecule has 7 nitrogen and oxygen atoms in total. The van der Waals surface area contributed by atoms with Crippen molar-refractivity contribution >= 4 is 5.91 Å². The topological polar surface area (TPSA) is 63.5 Å². The molecule has 0 radical (unpaired) electrons. The van der Waals surface area contributed by atoms with Crippen LogP contribution in [0.3, 0.4) is 0 Å². The molecule has 26 heavy (non-hydrogen) atoms. The highest BCUT2D eigenvalue weighted by Crippen LogP contribution is 2.38. The summed E-state index contributed by atoms with van der Waals surface area (Å²) in [6.07, 6.45) is 5.71. The summed E-state index contributed by atoms with van der Waals surface area (Å²) in [5, 5.41) is 4.23. The molecule has 138 valence electrons. The van der Waals surface area contributed by atoms with Crippen LogP contribution in [0.1, 0.15) is 23.3 Å². The van der Waals surface area contributed by atoms with E-state index in [4.69, 9.17) is 4.74 Å². The van der Waals surface area contributed by atoms with Crippen LogP contribution in [0.25, 0.3) is 0 Å². The number of carbonyl (C=O) groups is 1. The Morgan fingerprint density at radius 3 is 2.85 bits per heavy atom. The molecule has 2 aliphatic heterocycles. The lowest BCUT2D eigenvalue weighted by atomic mass is 9.75. The number of likely N-dealkylation sites (N-methyl/N-ethyl adjacent to an activating group) is 1. The number of aromatic nitrogens is 3. The normalized spacial score (nSPS) is 22.2. The Kier molecular flexibility index (Phi) is 4.40. The summed E-state index contributed by atoms with van der Waals surface area (Å²) in [5.41, 5.74) is 0.594. The average Bonchev–Trinajstić information content (AvgIpc) is 3.06. The van der Waals surface area contributed by atoms with Crippen LogP contribution in [-0.2, 0) is 7.05 Å². The molecule has 4 heterocycles. The van der Waals surface area contributed by atoms with E-state index >= 15 is 0 Å². The average molecular weight is 355 g/mol. The van der Waals surface area contributed by atoms with Crippen molar-refractivity contribution in [3.63, 3.8) is 0 Å². The van der Waals surface area contributed by atoms with Gasteiger partial charge in [-0.1, -0.05) is 6.07 Å². The van der Waals surface area contributed by atoms with Crippen molar-refractivity contribution in [2.45, 2.75) is 18.4 Å². The lowest BCUT2D eigenvalue weighted by Crippen LogP contribution is -2.72. The van der Waals surface area contributed by atoms with Gasteiger partial charge >= 0.3 is 0 Å². The van der Waals surface area contributed by atoms with E-state index in [0.29, 0.717) is 24.1 Å². The molecule has 1 atom stereocenters. The summed E-state index contributed by atoms with van der Waals surface area (Å²) >= 11 is 0. The Balaban J connectivity index is 1.35. The Hall–Kier alpha value is -2.41. The van der Waals surface area contributed by atoms with Crippen molar-refractivity contribution in [2.24, 2.45) is 13.0 Å². The van der Waals surface area contributed by atoms with E-state index in [0.717, 1.165) is 32.5 Å². The van der Waals surface area contributed by atoms with Gasteiger partial charge < -0.3 is 9.64 Å². The minimum absolute atomic E-state index is 0.0245. The summed E-state index contributed by atoms with van der Waals surface area (Å²) in [6, 6.07) is 7.49. The van der Waals surface area contributed by atoms with E-state index in [-0.39, 0.29) is 11.4 Å². The van der Waals surface area contributed by atoms with Gasteiger partial charge in [0.25, 0.3) is 5.91 Å². The third kappa shape index (κ3) is 3.19. The molecule has 1 spiro atoms. The number of likely N-dealkylation sites (tertiary alicyclic amines) is 2.